The van der Waals surface area contributed by atoms with Crippen LogP contribution in [0.5, 0.6) is 0 Å². The molecule has 1 rings (SSSR count). The smallest absolute Gasteiger partial charge is 0.258 e. The molecule has 0 aromatic carbocycles. The molecule has 1 aromatic rings. The van der Waals surface area contributed by atoms with Crippen LogP contribution in [0.15, 0.2) is 9.59 Å². The van der Waals surface area contributed by atoms with E-state index in [2.05, 4.69) is 0 Å². The monoisotopic (exact) mass is 205 g/mol. The summed E-state index contributed by atoms with van der Waals surface area (Å²) in [4.78, 5) is 10.0. The SMILES string of the molecule is Cc1csc(S(C)=O)c1[N+](=O)[O-]. The number of nitro groups is 1. The zero-order valence-corrected chi connectivity index (χ0v) is 8.20. The quantitative estimate of drug-likeness (QED) is 0.545. The number of aryl methyl sites for hydroxylation is 1. The fourth-order valence-corrected chi connectivity index (χ4v) is 2.77. The molecule has 0 aliphatic carbocycles. The Balaban J connectivity index is 3.31. The molecule has 0 amide bonds. The molecule has 12 heavy (non-hydrogen) atoms. The van der Waals surface area contributed by atoms with Gasteiger partial charge in [-0.1, -0.05) is 0 Å². The molecule has 0 saturated heterocycles. The molecular formula is C6H7NO3S2. The number of hydrogen-bond acceptors (Lipinski definition) is 4. The van der Waals surface area contributed by atoms with E-state index in [-0.39, 0.29) is 5.69 Å². The minimum Gasteiger partial charge on any atom is -0.258 e. The van der Waals surface area contributed by atoms with Gasteiger partial charge in [0.25, 0.3) is 5.69 Å². The average molecular weight is 205 g/mol. The third kappa shape index (κ3) is 1.54. The molecular weight excluding hydrogens is 198 g/mol. The van der Waals surface area contributed by atoms with Crippen LogP contribution in [0.4, 0.5) is 5.69 Å². The van der Waals surface area contributed by atoms with Crippen LogP contribution in [0.2, 0.25) is 0 Å². The maximum Gasteiger partial charge on any atom is 0.299 e. The largest absolute Gasteiger partial charge is 0.299 e. The Morgan fingerprint density at radius 1 is 1.67 bits per heavy atom. The summed E-state index contributed by atoms with van der Waals surface area (Å²) in [6, 6.07) is 0. The summed E-state index contributed by atoms with van der Waals surface area (Å²) in [5.41, 5.74) is 0.580. The Kier molecular flexibility index (Phi) is 2.58. The highest BCUT2D eigenvalue weighted by Crippen LogP contribution is 2.31. The Labute approximate surface area is 75.8 Å². The summed E-state index contributed by atoms with van der Waals surface area (Å²) in [6.45, 7) is 1.64. The molecule has 0 bridgehead atoms. The van der Waals surface area contributed by atoms with E-state index in [4.69, 9.17) is 0 Å². The molecule has 1 unspecified atom stereocenters. The fraction of sp³-hybridized carbons (Fsp3) is 0.333. The lowest BCUT2D eigenvalue weighted by molar-refractivity contribution is -0.387. The minimum atomic E-state index is -1.26. The molecule has 0 aliphatic heterocycles. The van der Waals surface area contributed by atoms with Crippen molar-refractivity contribution in [3.63, 3.8) is 0 Å². The number of hydrogen-bond donors (Lipinski definition) is 0. The van der Waals surface area contributed by atoms with Crippen molar-refractivity contribution in [1.29, 1.82) is 0 Å². The predicted octanol–water partition coefficient (Wildman–Crippen LogP) is 1.70. The second-order valence-electron chi connectivity index (χ2n) is 2.27. The Bertz CT molecular complexity index is 345. The lowest BCUT2D eigenvalue weighted by atomic mass is 10.3. The second kappa shape index (κ2) is 3.32. The van der Waals surface area contributed by atoms with Gasteiger partial charge < -0.3 is 0 Å². The number of nitrogens with zero attached hydrogens (tertiary/aromatic N) is 1. The third-order valence-electron chi connectivity index (χ3n) is 1.35. The molecule has 6 heteroatoms. The molecule has 0 fully saturated rings. The first-order valence-electron chi connectivity index (χ1n) is 3.10. The lowest BCUT2D eigenvalue weighted by Gasteiger charge is -1.91. The first-order valence-corrected chi connectivity index (χ1v) is 5.53. The summed E-state index contributed by atoms with van der Waals surface area (Å²) in [7, 11) is -1.26. The normalized spacial score (nSPS) is 12.8. The minimum absolute atomic E-state index is 0.000772. The fourth-order valence-electron chi connectivity index (χ4n) is 0.837. The highest BCUT2D eigenvalue weighted by atomic mass is 32.2. The highest BCUT2D eigenvalue weighted by molar-refractivity contribution is 7.86. The van der Waals surface area contributed by atoms with E-state index < -0.39 is 15.7 Å². The highest BCUT2D eigenvalue weighted by Gasteiger charge is 2.21. The van der Waals surface area contributed by atoms with Crippen molar-refractivity contribution in [1.82, 2.24) is 0 Å². The second-order valence-corrected chi connectivity index (χ2v) is 4.72. The van der Waals surface area contributed by atoms with Crippen LogP contribution in [0.1, 0.15) is 5.56 Å². The summed E-state index contributed by atoms with van der Waals surface area (Å²) in [5.74, 6) is 0. The van der Waals surface area contributed by atoms with Crippen molar-refractivity contribution >= 4 is 27.8 Å². The van der Waals surface area contributed by atoms with Crippen LogP contribution >= 0.6 is 11.3 Å². The molecule has 0 N–H and O–H groups in total. The summed E-state index contributed by atoms with van der Waals surface area (Å²) < 4.78 is 11.3. The van der Waals surface area contributed by atoms with Crippen LogP contribution in [-0.4, -0.2) is 15.4 Å². The maximum atomic E-state index is 11.0. The third-order valence-corrected chi connectivity index (χ3v) is 3.94. The van der Waals surface area contributed by atoms with E-state index >= 15 is 0 Å². The van der Waals surface area contributed by atoms with Gasteiger partial charge in [0.05, 0.1) is 15.7 Å². The molecule has 0 radical (unpaired) electrons. The molecule has 4 nitrogen and oxygen atoms in total. The molecule has 0 spiro atoms. The van der Waals surface area contributed by atoms with E-state index in [9.17, 15) is 14.3 Å². The Morgan fingerprint density at radius 3 is 2.58 bits per heavy atom. The molecule has 66 valence electrons. The first kappa shape index (κ1) is 9.34. The molecule has 1 heterocycles. The number of rotatable bonds is 2. The standard InChI is InChI=1S/C6H7NO3S2/c1-4-3-11-6(12(2)10)5(4)7(8)9/h3H,1-2H3. The zero-order valence-electron chi connectivity index (χ0n) is 6.57. The van der Waals surface area contributed by atoms with Gasteiger partial charge in [-0.2, -0.15) is 0 Å². The van der Waals surface area contributed by atoms with Crippen molar-refractivity contribution in [3.8, 4) is 0 Å². The van der Waals surface area contributed by atoms with Crippen LogP contribution in [0, 0.1) is 17.0 Å². The van der Waals surface area contributed by atoms with E-state index in [1.54, 1.807) is 12.3 Å². The average Bonchev–Trinajstić information content (AvgIpc) is 2.30. The van der Waals surface area contributed by atoms with Crippen molar-refractivity contribution in [2.75, 3.05) is 6.26 Å². The van der Waals surface area contributed by atoms with Crippen LogP contribution in [0.25, 0.3) is 0 Å². The van der Waals surface area contributed by atoms with Gasteiger partial charge in [-0.15, -0.1) is 11.3 Å². The van der Waals surface area contributed by atoms with Gasteiger partial charge in [-0.05, 0) is 6.92 Å². The van der Waals surface area contributed by atoms with E-state index in [0.717, 1.165) is 0 Å². The van der Waals surface area contributed by atoms with E-state index in [1.807, 2.05) is 0 Å². The van der Waals surface area contributed by atoms with E-state index in [0.29, 0.717) is 9.77 Å². The van der Waals surface area contributed by atoms with Crippen molar-refractivity contribution in [3.05, 3.63) is 21.1 Å². The summed E-state index contributed by atoms with van der Waals surface area (Å²) >= 11 is 1.17. The molecule has 0 aliphatic rings. The van der Waals surface area contributed by atoms with Gasteiger partial charge in [-0.25, -0.2) is 0 Å². The van der Waals surface area contributed by atoms with Crippen molar-refractivity contribution in [2.45, 2.75) is 11.1 Å². The lowest BCUT2D eigenvalue weighted by Crippen LogP contribution is -1.93. The van der Waals surface area contributed by atoms with Gasteiger partial charge in [0.15, 0.2) is 4.21 Å². The van der Waals surface area contributed by atoms with Crippen LogP contribution in [-0.2, 0) is 10.8 Å². The Morgan fingerprint density at radius 2 is 2.25 bits per heavy atom. The summed E-state index contributed by atoms with van der Waals surface area (Å²) in [5, 5.41) is 12.1. The topological polar surface area (TPSA) is 60.2 Å². The van der Waals surface area contributed by atoms with Crippen LogP contribution in [0.3, 0.4) is 0 Å². The van der Waals surface area contributed by atoms with Gasteiger partial charge in [-0.3, -0.25) is 14.3 Å². The number of thiophene rings is 1. The van der Waals surface area contributed by atoms with Gasteiger partial charge in [0.1, 0.15) is 0 Å². The van der Waals surface area contributed by atoms with E-state index in [1.165, 1.54) is 17.6 Å². The van der Waals surface area contributed by atoms with Crippen molar-refractivity contribution < 1.29 is 9.13 Å². The molecule has 1 aromatic heterocycles. The van der Waals surface area contributed by atoms with Gasteiger partial charge in [0.2, 0.25) is 0 Å². The first-order chi connectivity index (χ1) is 5.54. The van der Waals surface area contributed by atoms with Crippen molar-refractivity contribution in [2.24, 2.45) is 0 Å². The summed E-state index contributed by atoms with van der Waals surface area (Å²) in [6.07, 6.45) is 1.44. The maximum absolute atomic E-state index is 11.0. The van der Waals surface area contributed by atoms with Crippen LogP contribution < -0.4 is 0 Å². The Hall–Kier alpha value is -0.750. The zero-order chi connectivity index (χ0) is 9.30. The predicted molar refractivity (Wildman–Crippen MR) is 48.0 cm³/mol. The molecule has 1 atom stereocenters. The molecule has 0 saturated carbocycles. The van der Waals surface area contributed by atoms with Gasteiger partial charge in [0, 0.05) is 17.2 Å². The van der Waals surface area contributed by atoms with Gasteiger partial charge >= 0.3 is 0 Å².